The van der Waals surface area contributed by atoms with Gasteiger partial charge in [0.2, 0.25) is 0 Å². The molecule has 3 heteroatoms. The highest BCUT2D eigenvalue weighted by Crippen LogP contribution is 2.51. The van der Waals surface area contributed by atoms with Crippen molar-refractivity contribution in [3.63, 3.8) is 0 Å². The van der Waals surface area contributed by atoms with Gasteiger partial charge in [0.05, 0.1) is 5.41 Å². The van der Waals surface area contributed by atoms with E-state index in [1.54, 1.807) is 6.92 Å². The maximum absolute atomic E-state index is 11.6. The normalized spacial score (nSPS) is 19.4. The number of hydrogen-bond acceptors (Lipinski definition) is 2. The van der Waals surface area contributed by atoms with Crippen molar-refractivity contribution >= 4 is 11.8 Å². The van der Waals surface area contributed by atoms with Gasteiger partial charge in [-0.3, -0.25) is 9.59 Å². The predicted octanol–water partition coefficient (Wildman–Crippen LogP) is 4.96. The Kier molecular flexibility index (Phi) is 5.31. The van der Waals surface area contributed by atoms with Crippen molar-refractivity contribution in [3.8, 4) is 0 Å². The number of aliphatic carboxylic acids is 1. The monoisotopic (exact) mass is 342 g/mol. The first-order chi connectivity index (χ1) is 12.0. The van der Waals surface area contributed by atoms with Crippen LogP contribution in [0.2, 0.25) is 0 Å². The standard InChI is InChI=1S/C22H30O3/c1-17(23)21(12-13-21)10-3-2-6-18-7-4-8-19(16-18)9-5-11-22(14-15-22)20(24)25/h4,7-8,16H,2-3,5-6,9-15H2,1H3,(H,24,25). The van der Waals surface area contributed by atoms with Crippen molar-refractivity contribution in [1.29, 1.82) is 0 Å². The van der Waals surface area contributed by atoms with Crippen LogP contribution in [0.25, 0.3) is 0 Å². The molecule has 0 aromatic heterocycles. The molecule has 3 rings (SSSR count). The van der Waals surface area contributed by atoms with Crippen molar-refractivity contribution in [1.82, 2.24) is 0 Å². The summed E-state index contributed by atoms with van der Waals surface area (Å²) in [5.41, 5.74) is 2.34. The van der Waals surface area contributed by atoms with E-state index in [4.69, 9.17) is 0 Å². The fraction of sp³-hybridized carbons (Fsp3) is 0.636. The molecular weight excluding hydrogens is 312 g/mol. The Morgan fingerprint density at radius 2 is 1.48 bits per heavy atom. The first-order valence-electron chi connectivity index (χ1n) is 9.78. The Hall–Kier alpha value is -1.64. The van der Waals surface area contributed by atoms with Gasteiger partial charge in [-0.05, 0) is 82.3 Å². The van der Waals surface area contributed by atoms with Crippen LogP contribution in [0.15, 0.2) is 24.3 Å². The maximum atomic E-state index is 11.6. The third-order valence-electron chi connectivity index (χ3n) is 6.39. The molecule has 0 heterocycles. The summed E-state index contributed by atoms with van der Waals surface area (Å²) in [5.74, 6) is -0.232. The van der Waals surface area contributed by atoms with E-state index < -0.39 is 11.4 Å². The van der Waals surface area contributed by atoms with E-state index in [1.807, 2.05) is 0 Å². The van der Waals surface area contributed by atoms with Gasteiger partial charge in [-0.1, -0.05) is 30.7 Å². The Balaban J connectivity index is 1.39. The lowest BCUT2D eigenvalue weighted by Crippen LogP contribution is -2.14. The van der Waals surface area contributed by atoms with Gasteiger partial charge in [0.25, 0.3) is 0 Å². The SMILES string of the molecule is CC(=O)C1(CCCCc2cccc(CCCC3(C(=O)O)CC3)c2)CC1. The number of carboxylic acid groups (broad SMARTS) is 1. The molecule has 0 spiro atoms. The molecule has 0 bridgehead atoms. The number of hydrogen-bond donors (Lipinski definition) is 1. The zero-order valence-corrected chi connectivity index (χ0v) is 15.4. The molecular formula is C22H30O3. The predicted molar refractivity (Wildman–Crippen MR) is 98.6 cm³/mol. The zero-order chi connectivity index (χ0) is 17.9. The van der Waals surface area contributed by atoms with Crippen LogP contribution in [0.1, 0.15) is 75.8 Å². The molecule has 0 radical (unpaired) electrons. The smallest absolute Gasteiger partial charge is 0.309 e. The number of benzene rings is 1. The van der Waals surface area contributed by atoms with E-state index in [1.165, 1.54) is 11.1 Å². The van der Waals surface area contributed by atoms with Crippen LogP contribution < -0.4 is 0 Å². The Morgan fingerprint density at radius 3 is 2.00 bits per heavy atom. The molecule has 2 aliphatic carbocycles. The van der Waals surface area contributed by atoms with Crippen molar-refractivity contribution in [2.75, 3.05) is 0 Å². The quantitative estimate of drug-likeness (QED) is 0.579. The molecule has 0 unspecified atom stereocenters. The molecule has 1 N–H and O–H groups in total. The van der Waals surface area contributed by atoms with Crippen LogP contribution >= 0.6 is 0 Å². The van der Waals surface area contributed by atoms with Crippen LogP contribution in [-0.4, -0.2) is 16.9 Å². The zero-order valence-electron chi connectivity index (χ0n) is 15.4. The second kappa shape index (κ2) is 7.31. The molecule has 0 saturated heterocycles. The van der Waals surface area contributed by atoms with Gasteiger partial charge in [-0.25, -0.2) is 0 Å². The van der Waals surface area contributed by atoms with Gasteiger partial charge in [-0.15, -0.1) is 0 Å². The molecule has 25 heavy (non-hydrogen) atoms. The van der Waals surface area contributed by atoms with E-state index in [9.17, 15) is 14.7 Å². The van der Waals surface area contributed by atoms with Gasteiger partial charge in [0.15, 0.2) is 0 Å². The summed E-state index contributed by atoms with van der Waals surface area (Å²) in [6.45, 7) is 1.74. The van der Waals surface area contributed by atoms with Crippen LogP contribution in [0.3, 0.4) is 0 Å². The van der Waals surface area contributed by atoms with Crippen LogP contribution in [0, 0.1) is 10.8 Å². The number of aryl methyl sites for hydroxylation is 2. The summed E-state index contributed by atoms with van der Waals surface area (Å²) in [6, 6.07) is 8.73. The topological polar surface area (TPSA) is 54.4 Å². The van der Waals surface area contributed by atoms with Gasteiger partial charge >= 0.3 is 5.97 Å². The van der Waals surface area contributed by atoms with Crippen molar-refractivity contribution < 1.29 is 14.7 Å². The third-order valence-corrected chi connectivity index (χ3v) is 6.39. The molecule has 136 valence electrons. The van der Waals surface area contributed by atoms with E-state index in [0.29, 0.717) is 5.78 Å². The molecule has 0 aliphatic heterocycles. The minimum Gasteiger partial charge on any atom is -0.481 e. The fourth-order valence-corrected chi connectivity index (χ4v) is 4.01. The van der Waals surface area contributed by atoms with E-state index >= 15 is 0 Å². The van der Waals surface area contributed by atoms with Crippen molar-refractivity contribution in [2.45, 2.75) is 77.6 Å². The lowest BCUT2D eigenvalue weighted by Gasteiger charge is -2.11. The number of Topliss-reactive ketones (excluding diaryl/α,β-unsaturated/α-hetero) is 1. The molecule has 2 fully saturated rings. The molecule has 3 nitrogen and oxygen atoms in total. The molecule has 1 aromatic carbocycles. The summed E-state index contributed by atoms with van der Waals surface area (Å²) in [4.78, 5) is 22.8. The first kappa shape index (κ1) is 18.2. The summed E-state index contributed by atoms with van der Waals surface area (Å²) >= 11 is 0. The van der Waals surface area contributed by atoms with Crippen molar-refractivity contribution in [2.24, 2.45) is 10.8 Å². The number of rotatable bonds is 11. The minimum atomic E-state index is -0.611. The van der Waals surface area contributed by atoms with E-state index in [0.717, 1.165) is 70.6 Å². The number of unbranched alkanes of at least 4 members (excludes halogenated alkanes) is 1. The maximum Gasteiger partial charge on any atom is 0.309 e. The number of ketones is 1. The Bertz CT molecular complexity index is 638. The highest BCUT2D eigenvalue weighted by atomic mass is 16.4. The minimum absolute atomic E-state index is 0.0464. The molecule has 2 aliphatic rings. The molecule has 2 saturated carbocycles. The lowest BCUT2D eigenvalue weighted by molar-refractivity contribution is -0.143. The van der Waals surface area contributed by atoms with Crippen LogP contribution in [0.4, 0.5) is 0 Å². The number of carbonyl (C=O) groups excluding carboxylic acids is 1. The Labute approximate surface area is 150 Å². The van der Waals surface area contributed by atoms with Crippen molar-refractivity contribution in [3.05, 3.63) is 35.4 Å². The number of carbonyl (C=O) groups is 2. The van der Waals surface area contributed by atoms with Gasteiger partial charge in [0, 0.05) is 5.41 Å². The first-order valence-corrected chi connectivity index (χ1v) is 9.78. The van der Waals surface area contributed by atoms with Gasteiger partial charge in [-0.2, -0.15) is 0 Å². The summed E-state index contributed by atoms with van der Waals surface area (Å²) in [6.07, 6.45) is 11.0. The average Bonchev–Trinajstić information content (AvgIpc) is 3.47. The second-order valence-electron chi connectivity index (χ2n) is 8.30. The molecule has 1 aromatic rings. The lowest BCUT2D eigenvalue weighted by atomic mass is 9.93. The Morgan fingerprint density at radius 1 is 0.920 bits per heavy atom. The third kappa shape index (κ3) is 4.50. The summed E-state index contributed by atoms with van der Waals surface area (Å²) in [7, 11) is 0. The molecule has 0 amide bonds. The van der Waals surface area contributed by atoms with E-state index in [-0.39, 0.29) is 5.41 Å². The van der Waals surface area contributed by atoms with Gasteiger partial charge < -0.3 is 5.11 Å². The van der Waals surface area contributed by atoms with E-state index in [2.05, 4.69) is 24.3 Å². The highest BCUT2D eigenvalue weighted by molar-refractivity contribution is 5.84. The fourth-order valence-electron chi connectivity index (χ4n) is 4.01. The van der Waals surface area contributed by atoms with Crippen LogP contribution in [-0.2, 0) is 22.4 Å². The summed E-state index contributed by atoms with van der Waals surface area (Å²) < 4.78 is 0. The highest BCUT2D eigenvalue weighted by Gasteiger charge is 2.49. The number of carboxylic acids is 1. The molecule has 0 atom stereocenters. The van der Waals surface area contributed by atoms with Crippen LogP contribution in [0.5, 0.6) is 0 Å². The largest absolute Gasteiger partial charge is 0.481 e. The second-order valence-corrected chi connectivity index (χ2v) is 8.30. The van der Waals surface area contributed by atoms with Gasteiger partial charge in [0.1, 0.15) is 5.78 Å². The average molecular weight is 342 g/mol. The summed E-state index contributed by atoms with van der Waals surface area (Å²) in [5, 5.41) is 9.24.